The van der Waals surface area contributed by atoms with Gasteiger partial charge in [0.25, 0.3) is 0 Å². The molecule has 100 valence electrons. The van der Waals surface area contributed by atoms with Crippen molar-refractivity contribution in [1.29, 1.82) is 0 Å². The average Bonchev–Trinajstić information content (AvgIpc) is 2.81. The van der Waals surface area contributed by atoms with E-state index in [9.17, 15) is 4.39 Å². The molecule has 1 fully saturated rings. The van der Waals surface area contributed by atoms with Crippen LogP contribution in [0.15, 0.2) is 18.2 Å². The van der Waals surface area contributed by atoms with Gasteiger partial charge in [-0.05, 0) is 44.4 Å². The van der Waals surface area contributed by atoms with E-state index in [0.717, 1.165) is 25.0 Å². The van der Waals surface area contributed by atoms with Crippen molar-refractivity contribution in [3.8, 4) is 0 Å². The minimum atomic E-state index is -0.303. The molecule has 0 radical (unpaired) electrons. The van der Waals surface area contributed by atoms with Crippen LogP contribution in [-0.4, -0.2) is 18.8 Å². The SMILES string of the molecule is CC(NC(C)C1CCCO1)c1ccc(F)cc1Cl. The van der Waals surface area contributed by atoms with Crippen molar-refractivity contribution < 1.29 is 9.13 Å². The normalized spacial score (nSPS) is 23.0. The number of benzene rings is 1. The highest BCUT2D eigenvalue weighted by Gasteiger charge is 2.24. The van der Waals surface area contributed by atoms with E-state index < -0.39 is 0 Å². The molecule has 1 aliphatic rings. The molecule has 3 unspecified atom stereocenters. The lowest BCUT2D eigenvalue weighted by Gasteiger charge is -2.25. The number of hydrogen-bond acceptors (Lipinski definition) is 2. The predicted molar refractivity (Wildman–Crippen MR) is 71.4 cm³/mol. The fraction of sp³-hybridized carbons (Fsp3) is 0.571. The van der Waals surface area contributed by atoms with Crippen LogP contribution in [0.5, 0.6) is 0 Å². The van der Waals surface area contributed by atoms with Gasteiger partial charge in [-0.2, -0.15) is 0 Å². The first-order chi connectivity index (χ1) is 8.58. The van der Waals surface area contributed by atoms with E-state index >= 15 is 0 Å². The number of halogens is 2. The molecule has 1 heterocycles. The molecule has 1 N–H and O–H groups in total. The molecule has 18 heavy (non-hydrogen) atoms. The van der Waals surface area contributed by atoms with Gasteiger partial charge in [-0.3, -0.25) is 0 Å². The Morgan fingerprint density at radius 1 is 1.44 bits per heavy atom. The summed E-state index contributed by atoms with van der Waals surface area (Å²) in [4.78, 5) is 0. The fourth-order valence-electron chi connectivity index (χ4n) is 2.44. The van der Waals surface area contributed by atoms with Gasteiger partial charge in [0.05, 0.1) is 6.10 Å². The van der Waals surface area contributed by atoms with E-state index in [1.54, 1.807) is 6.07 Å². The van der Waals surface area contributed by atoms with E-state index in [4.69, 9.17) is 16.3 Å². The largest absolute Gasteiger partial charge is 0.377 e. The molecule has 0 saturated carbocycles. The summed E-state index contributed by atoms with van der Waals surface area (Å²) in [5, 5.41) is 3.93. The van der Waals surface area contributed by atoms with E-state index in [-0.39, 0.29) is 24.0 Å². The summed E-state index contributed by atoms with van der Waals surface area (Å²) in [5.74, 6) is -0.303. The summed E-state index contributed by atoms with van der Waals surface area (Å²) >= 11 is 6.06. The fourth-order valence-corrected chi connectivity index (χ4v) is 2.77. The van der Waals surface area contributed by atoms with Gasteiger partial charge < -0.3 is 10.1 Å². The molecule has 0 amide bonds. The van der Waals surface area contributed by atoms with Gasteiger partial charge in [0, 0.05) is 23.7 Å². The molecule has 1 aliphatic heterocycles. The Hall–Kier alpha value is -0.640. The summed E-state index contributed by atoms with van der Waals surface area (Å²) in [7, 11) is 0. The maximum absolute atomic E-state index is 13.0. The summed E-state index contributed by atoms with van der Waals surface area (Å²) < 4.78 is 18.6. The number of hydrogen-bond donors (Lipinski definition) is 1. The lowest BCUT2D eigenvalue weighted by molar-refractivity contribution is 0.0804. The first kappa shape index (κ1) is 13.8. The van der Waals surface area contributed by atoms with Crippen LogP contribution >= 0.6 is 11.6 Å². The molecule has 1 aromatic rings. The highest BCUT2D eigenvalue weighted by Crippen LogP contribution is 2.25. The Kier molecular flexibility index (Phi) is 4.60. The van der Waals surface area contributed by atoms with Crippen LogP contribution in [0.3, 0.4) is 0 Å². The van der Waals surface area contributed by atoms with Gasteiger partial charge in [0.15, 0.2) is 0 Å². The molecule has 0 aromatic heterocycles. The van der Waals surface area contributed by atoms with Gasteiger partial charge >= 0.3 is 0 Å². The third kappa shape index (κ3) is 3.22. The molecule has 3 atom stereocenters. The van der Waals surface area contributed by atoms with Gasteiger partial charge in [-0.25, -0.2) is 4.39 Å². The maximum atomic E-state index is 13.0. The van der Waals surface area contributed by atoms with Crippen molar-refractivity contribution in [1.82, 2.24) is 5.32 Å². The molecule has 0 bridgehead atoms. The lowest BCUT2D eigenvalue weighted by atomic mass is 10.0. The Balaban J connectivity index is 2.00. The van der Waals surface area contributed by atoms with Gasteiger partial charge in [-0.15, -0.1) is 0 Å². The van der Waals surface area contributed by atoms with Crippen LogP contribution in [0.1, 0.15) is 38.3 Å². The average molecular weight is 272 g/mol. The van der Waals surface area contributed by atoms with Crippen LogP contribution in [0, 0.1) is 5.82 Å². The number of nitrogens with one attached hydrogen (secondary N) is 1. The van der Waals surface area contributed by atoms with Crippen molar-refractivity contribution in [2.45, 2.75) is 44.9 Å². The molecule has 0 spiro atoms. The van der Waals surface area contributed by atoms with E-state index in [1.807, 2.05) is 6.92 Å². The van der Waals surface area contributed by atoms with Crippen molar-refractivity contribution >= 4 is 11.6 Å². The second-order valence-corrected chi connectivity index (χ2v) is 5.30. The summed E-state index contributed by atoms with van der Waals surface area (Å²) in [5.41, 5.74) is 0.919. The second kappa shape index (κ2) is 6.00. The van der Waals surface area contributed by atoms with Crippen LogP contribution in [0.25, 0.3) is 0 Å². The summed E-state index contributed by atoms with van der Waals surface area (Å²) in [6.45, 7) is 5.00. The number of ether oxygens (including phenoxy) is 1. The molecule has 2 nitrogen and oxygen atoms in total. The zero-order valence-electron chi connectivity index (χ0n) is 10.7. The Bertz CT molecular complexity index is 407. The molecule has 0 aliphatic carbocycles. The standard InChI is InChI=1S/C14H19ClFNO/c1-9(12-6-5-11(16)8-13(12)15)17-10(2)14-4-3-7-18-14/h5-6,8-10,14,17H,3-4,7H2,1-2H3. The number of rotatable bonds is 4. The van der Waals surface area contributed by atoms with Gasteiger partial charge in [-0.1, -0.05) is 17.7 Å². The van der Waals surface area contributed by atoms with Crippen molar-refractivity contribution in [3.63, 3.8) is 0 Å². The van der Waals surface area contributed by atoms with Crippen molar-refractivity contribution in [2.24, 2.45) is 0 Å². The van der Waals surface area contributed by atoms with Gasteiger partial charge in [0.2, 0.25) is 0 Å². The van der Waals surface area contributed by atoms with E-state index in [2.05, 4.69) is 12.2 Å². The quantitative estimate of drug-likeness (QED) is 0.902. The molecule has 1 aromatic carbocycles. The topological polar surface area (TPSA) is 21.3 Å². The van der Waals surface area contributed by atoms with E-state index in [1.165, 1.54) is 12.1 Å². The van der Waals surface area contributed by atoms with Gasteiger partial charge in [0.1, 0.15) is 5.82 Å². The smallest absolute Gasteiger partial charge is 0.124 e. The molecule has 4 heteroatoms. The van der Waals surface area contributed by atoms with Crippen molar-refractivity contribution in [3.05, 3.63) is 34.6 Å². The monoisotopic (exact) mass is 271 g/mol. The molecule has 1 saturated heterocycles. The highest BCUT2D eigenvalue weighted by molar-refractivity contribution is 6.31. The summed E-state index contributed by atoms with van der Waals surface area (Å²) in [6, 6.07) is 4.88. The highest BCUT2D eigenvalue weighted by atomic mass is 35.5. The van der Waals surface area contributed by atoms with E-state index in [0.29, 0.717) is 5.02 Å². The minimum Gasteiger partial charge on any atom is -0.377 e. The summed E-state index contributed by atoms with van der Waals surface area (Å²) in [6.07, 6.45) is 2.49. The lowest BCUT2D eigenvalue weighted by Crippen LogP contribution is -2.38. The second-order valence-electron chi connectivity index (χ2n) is 4.89. The van der Waals surface area contributed by atoms with Crippen LogP contribution in [0.2, 0.25) is 5.02 Å². The zero-order chi connectivity index (χ0) is 13.1. The van der Waals surface area contributed by atoms with Crippen LogP contribution in [-0.2, 0) is 4.74 Å². The van der Waals surface area contributed by atoms with Crippen LogP contribution in [0.4, 0.5) is 4.39 Å². The molecule has 2 rings (SSSR count). The first-order valence-electron chi connectivity index (χ1n) is 6.40. The minimum absolute atomic E-state index is 0.0808. The third-order valence-electron chi connectivity index (χ3n) is 3.46. The Morgan fingerprint density at radius 3 is 2.83 bits per heavy atom. The van der Waals surface area contributed by atoms with Crippen LogP contribution < -0.4 is 5.32 Å². The third-order valence-corrected chi connectivity index (χ3v) is 3.79. The van der Waals surface area contributed by atoms with Crippen molar-refractivity contribution in [2.75, 3.05) is 6.61 Å². The zero-order valence-corrected chi connectivity index (χ0v) is 11.5. The molecular weight excluding hydrogens is 253 g/mol. The predicted octanol–water partition coefficient (Wildman–Crippen LogP) is 3.70. The maximum Gasteiger partial charge on any atom is 0.124 e. The first-order valence-corrected chi connectivity index (χ1v) is 6.78. The Labute approximate surface area is 112 Å². The Morgan fingerprint density at radius 2 is 2.22 bits per heavy atom. The molecular formula is C14H19ClFNO.